The van der Waals surface area contributed by atoms with Gasteiger partial charge in [0.15, 0.2) is 0 Å². The van der Waals surface area contributed by atoms with Crippen molar-refractivity contribution in [2.24, 2.45) is 0 Å². The molecule has 1 N–H and O–H groups in total. The van der Waals surface area contributed by atoms with E-state index in [2.05, 4.69) is 79.8 Å². The quantitative estimate of drug-likeness (QED) is 0.757. The molecule has 0 radical (unpaired) electrons. The highest BCUT2D eigenvalue weighted by atomic mass is 16.5. The molecule has 0 bridgehead atoms. The van der Waals surface area contributed by atoms with Crippen LogP contribution in [0.25, 0.3) is 0 Å². The van der Waals surface area contributed by atoms with Gasteiger partial charge in [0.05, 0.1) is 13.2 Å². The molecule has 4 heteroatoms. The molecule has 0 aliphatic carbocycles. The predicted molar refractivity (Wildman–Crippen MR) is 112 cm³/mol. The molecule has 1 saturated heterocycles. The Labute approximate surface area is 163 Å². The molecule has 3 rings (SSSR count). The van der Waals surface area contributed by atoms with Gasteiger partial charge in [-0.05, 0) is 55.3 Å². The second-order valence-corrected chi connectivity index (χ2v) is 7.49. The summed E-state index contributed by atoms with van der Waals surface area (Å²) in [5.74, 6) is 0.957. The third-order valence-corrected chi connectivity index (χ3v) is 5.17. The topological polar surface area (TPSA) is 33.7 Å². The molecular formula is C23H32N2O2. The molecule has 0 aromatic heterocycles. The van der Waals surface area contributed by atoms with Crippen LogP contribution >= 0.6 is 0 Å². The third-order valence-electron chi connectivity index (χ3n) is 5.17. The van der Waals surface area contributed by atoms with Crippen LogP contribution in [0.1, 0.15) is 36.9 Å². The monoisotopic (exact) mass is 368 g/mol. The summed E-state index contributed by atoms with van der Waals surface area (Å²) >= 11 is 0. The first-order chi connectivity index (χ1) is 13.1. The van der Waals surface area contributed by atoms with Crippen molar-refractivity contribution >= 4 is 5.69 Å². The molecule has 2 aromatic carbocycles. The Bertz CT molecular complexity index is 677. The van der Waals surface area contributed by atoms with Crippen LogP contribution in [0.15, 0.2) is 48.5 Å². The van der Waals surface area contributed by atoms with Gasteiger partial charge in [-0.25, -0.2) is 0 Å². The molecule has 0 saturated carbocycles. The van der Waals surface area contributed by atoms with Gasteiger partial charge < -0.3 is 19.7 Å². The van der Waals surface area contributed by atoms with Crippen molar-refractivity contribution in [2.45, 2.75) is 38.3 Å². The van der Waals surface area contributed by atoms with Gasteiger partial charge in [-0.1, -0.05) is 24.3 Å². The zero-order valence-corrected chi connectivity index (χ0v) is 16.8. The minimum Gasteiger partial charge on any atom is -0.490 e. The first-order valence-corrected chi connectivity index (χ1v) is 9.96. The molecular weight excluding hydrogens is 336 g/mol. The fraction of sp³-hybridized carbons (Fsp3) is 0.478. The van der Waals surface area contributed by atoms with Gasteiger partial charge >= 0.3 is 0 Å². The lowest BCUT2D eigenvalue weighted by molar-refractivity contribution is 0.0255. The van der Waals surface area contributed by atoms with Gasteiger partial charge in [-0.3, -0.25) is 0 Å². The summed E-state index contributed by atoms with van der Waals surface area (Å²) < 4.78 is 11.4. The van der Waals surface area contributed by atoms with Crippen molar-refractivity contribution in [1.29, 1.82) is 0 Å². The summed E-state index contributed by atoms with van der Waals surface area (Å²) in [6.45, 7) is 4.79. The molecule has 1 atom stereocenters. The van der Waals surface area contributed by atoms with Crippen molar-refractivity contribution in [3.05, 3.63) is 59.7 Å². The van der Waals surface area contributed by atoms with Crippen LogP contribution in [0.5, 0.6) is 5.75 Å². The number of rotatable bonds is 8. The van der Waals surface area contributed by atoms with Gasteiger partial charge in [0.2, 0.25) is 0 Å². The van der Waals surface area contributed by atoms with Crippen molar-refractivity contribution in [1.82, 2.24) is 5.32 Å². The molecule has 4 nitrogen and oxygen atoms in total. The number of hydrogen-bond acceptors (Lipinski definition) is 4. The Morgan fingerprint density at radius 2 is 1.70 bits per heavy atom. The SMILES string of the molecule is C[C@@H](NCCc1ccc(N(C)C)cc1)c1ccc(OC2CCOCC2)cc1. The number of anilines is 1. The van der Waals surface area contributed by atoms with E-state index in [0.717, 1.165) is 44.8 Å². The van der Waals surface area contributed by atoms with Crippen LogP contribution in [0, 0.1) is 0 Å². The van der Waals surface area contributed by atoms with E-state index in [0.29, 0.717) is 12.1 Å². The fourth-order valence-corrected chi connectivity index (χ4v) is 3.33. The Kier molecular flexibility index (Phi) is 7.13. The van der Waals surface area contributed by atoms with E-state index in [-0.39, 0.29) is 0 Å². The molecule has 0 unspecified atom stereocenters. The number of nitrogens with zero attached hydrogens (tertiary/aromatic N) is 1. The van der Waals surface area contributed by atoms with Crippen molar-refractivity contribution in [3.63, 3.8) is 0 Å². The van der Waals surface area contributed by atoms with E-state index in [4.69, 9.17) is 9.47 Å². The number of hydrogen-bond donors (Lipinski definition) is 1. The lowest BCUT2D eigenvalue weighted by Crippen LogP contribution is -2.25. The first-order valence-electron chi connectivity index (χ1n) is 9.96. The number of benzene rings is 2. The summed E-state index contributed by atoms with van der Waals surface area (Å²) in [7, 11) is 4.14. The Morgan fingerprint density at radius 1 is 1.04 bits per heavy atom. The minimum absolute atomic E-state index is 0.291. The Balaban J connectivity index is 1.44. The predicted octanol–water partition coefficient (Wildman–Crippen LogP) is 4.20. The average molecular weight is 369 g/mol. The van der Waals surface area contributed by atoms with Crippen LogP contribution in [0.4, 0.5) is 5.69 Å². The molecule has 0 amide bonds. The van der Waals surface area contributed by atoms with E-state index in [9.17, 15) is 0 Å². The molecule has 1 aliphatic heterocycles. The highest BCUT2D eigenvalue weighted by Gasteiger charge is 2.15. The molecule has 146 valence electrons. The molecule has 0 spiro atoms. The first kappa shape index (κ1) is 19.7. The zero-order chi connectivity index (χ0) is 19.1. The third kappa shape index (κ3) is 5.98. The molecule has 2 aromatic rings. The van der Waals surface area contributed by atoms with Crippen LogP contribution in [-0.4, -0.2) is 40.0 Å². The van der Waals surface area contributed by atoms with Gasteiger partial charge in [0, 0.05) is 38.7 Å². The maximum absolute atomic E-state index is 6.05. The summed E-state index contributed by atoms with van der Waals surface area (Å²) in [6, 6.07) is 17.6. The fourth-order valence-electron chi connectivity index (χ4n) is 3.33. The number of nitrogens with one attached hydrogen (secondary N) is 1. The van der Waals surface area contributed by atoms with Gasteiger partial charge in [-0.15, -0.1) is 0 Å². The lowest BCUT2D eigenvalue weighted by atomic mass is 10.1. The largest absolute Gasteiger partial charge is 0.490 e. The normalized spacial score (nSPS) is 16.1. The van der Waals surface area contributed by atoms with E-state index in [1.807, 2.05) is 0 Å². The van der Waals surface area contributed by atoms with Crippen molar-refractivity contribution < 1.29 is 9.47 Å². The standard InChI is InChI=1S/C23H32N2O2/c1-18(24-15-12-19-4-8-21(9-5-19)25(2)3)20-6-10-22(11-7-20)27-23-13-16-26-17-14-23/h4-11,18,23-24H,12-17H2,1-3H3/t18-/m1/s1. The van der Waals surface area contributed by atoms with Gasteiger partial charge in [-0.2, -0.15) is 0 Å². The van der Waals surface area contributed by atoms with Gasteiger partial charge in [0.25, 0.3) is 0 Å². The van der Waals surface area contributed by atoms with E-state index < -0.39 is 0 Å². The minimum atomic E-state index is 0.291. The number of ether oxygens (including phenoxy) is 2. The highest BCUT2D eigenvalue weighted by molar-refractivity contribution is 5.46. The molecule has 27 heavy (non-hydrogen) atoms. The summed E-state index contributed by atoms with van der Waals surface area (Å²) in [5.41, 5.74) is 3.89. The Hall–Kier alpha value is -2.04. The maximum atomic E-state index is 6.05. The van der Waals surface area contributed by atoms with Crippen LogP contribution in [0.2, 0.25) is 0 Å². The summed E-state index contributed by atoms with van der Waals surface area (Å²) in [4.78, 5) is 2.12. The van der Waals surface area contributed by atoms with Crippen molar-refractivity contribution in [2.75, 3.05) is 38.8 Å². The zero-order valence-electron chi connectivity index (χ0n) is 16.8. The van der Waals surface area contributed by atoms with Crippen molar-refractivity contribution in [3.8, 4) is 5.75 Å². The van der Waals surface area contributed by atoms with Crippen LogP contribution in [0.3, 0.4) is 0 Å². The van der Waals surface area contributed by atoms with Crippen LogP contribution < -0.4 is 15.0 Å². The summed E-state index contributed by atoms with van der Waals surface area (Å²) in [5, 5.41) is 3.62. The highest BCUT2D eigenvalue weighted by Crippen LogP contribution is 2.21. The summed E-state index contributed by atoms with van der Waals surface area (Å²) in [6.07, 6.45) is 3.28. The van der Waals surface area contributed by atoms with E-state index >= 15 is 0 Å². The average Bonchev–Trinajstić information content (AvgIpc) is 2.69. The van der Waals surface area contributed by atoms with E-state index in [1.165, 1.54) is 16.8 Å². The van der Waals surface area contributed by atoms with Gasteiger partial charge in [0.1, 0.15) is 11.9 Å². The molecule has 1 aliphatic rings. The second-order valence-electron chi connectivity index (χ2n) is 7.49. The smallest absolute Gasteiger partial charge is 0.119 e. The van der Waals surface area contributed by atoms with E-state index in [1.54, 1.807) is 0 Å². The van der Waals surface area contributed by atoms with Crippen LogP contribution in [-0.2, 0) is 11.2 Å². The molecule has 1 fully saturated rings. The second kappa shape index (κ2) is 9.77. The Morgan fingerprint density at radius 3 is 2.33 bits per heavy atom. The lowest BCUT2D eigenvalue weighted by Gasteiger charge is -2.23. The molecule has 1 heterocycles. The maximum Gasteiger partial charge on any atom is 0.119 e.